The van der Waals surface area contributed by atoms with E-state index in [2.05, 4.69) is 0 Å². The Hall–Kier alpha value is -1.36. The number of carbonyl (C=O) groups excluding carboxylic acids is 1. The van der Waals surface area contributed by atoms with Gasteiger partial charge in [0.1, 0.15) is 12.4 Å². The standard InChI is InChI=1S/C6H6O5/c7-5(6(8)9)1-4-2-10-3-11-4/h1H,2-3H2,(H,8,9). The molecule has 1 aliphatic rings. The minimum atomic E-state index is -1.49. The van der Waals surface area contributed by atoms with Crippen molar-refractivity contribution in [2.45, 2.75) is 0 Å². The highest BCUT2D eigenvalue weighted by Gasteiger charge is 2.13. The molecule has 0 saturated carbocycles. The molecule has 0 unspecified atom stereocenters. The lowest BCUT2D eigenvalue weighted by Gasteiger charge is -1.90. The molecule has 1 aliphatic heterocycles. The molecule has 5 nitrogen and oxygen atoms in total. The predicted molar refractivity (Wildman–Crippen MR) is 32.6 cm³/mol. The van der Waals surface area contributed by atoms with Crippen molar-refractivity contribution in [2.75, 3.05) is 13.4 Å². The third-order valence-corrected chi connectivity index (χ3v) is 1.07. The maximum atomic E-state index is 10.5. The minimum absolute atomic E-state index is 0.0821. The van der Waals surface area contributed by atoms with Gasteiger partial charge in [-0.1, -0.05) is 0 Å². The smallest absolute Gasteiger partial charge is 0.376 e. The van der Waals surface area contributed by atoms with Crippen LogP contribution in [0.4, 0.5) is 0 Å². The van der Waals surface area contributed by atoms with E-state index in [0.717, 1.165) is 6.08 Å². The first-order chi connectivity index (χ1) is 5.20. The van der Waals surface area contributed by atoms with Crippen LogP contribution in [0, 0.1) is 0 Å². The average molecular weight is 158 g/mol. The second-order valence-corrected chi connectivity index (χ2v) is 1.89. The van der Waals surface area contributed by atoms with E-state index in [4.69, 9.17) is 14.6 Å². The molecule has 1 fully saturated rings. The number of hydrogen-bond acceptors (Lipinski definition) is 4. The van der Waals surface area contributed by atoms with Gasteiger partial charge >= 0.3 is 5.97 Å². The van der Waals surface area contributed by atoms with E-state index in [-0.39, 0.29) is 19.2 Å². The van der Waals surface area contributed by atoms with E-state index in [1.807, 2.05) is 0 Å². The number of carboxylic acid groups (broad SMARTS) is 1. The van der Waals surface area contributed by atoms with Crippen LogP contribution in [0.3, 0.4) is 0 Å². The summed E-state index contributed by atoms with van der Waals surface area (Å²) in [5, 5.41) is 8.15. The molecule has 1 rings (SSSR count). The molecular formula is C6H6O5. The predicted octanol–water partition coefficient (Wildman–Crippen LogP) is -0.472. The Morgan fingerprint density at radius 2 is 2.27 bits per heavy atom. The Morgan fingerprint density at radius 3 is 2.73 bits per heavy atom. The summed E-state index contributed by atoms with van der Waals surface area (Å²) in [5.41, 5.74) is 0. The van der Waals surface area contributed by atoms with E-state index in [1.54, 1.807) is 0 Å². The van der Waals surface area contributed by atoms with E-state index in [9.17, 15) is 9.59 Å². The summed E-state index contributed by atoms with van der Waals surface area (Å²) in [6.07, 6.45) is 0.912. The van der Waals surface area contributed by atoms with Crippen LogP contribution in [0.5, 0.6) is 0 Å². The number of rotatable bonds is 2. The highest BCUT2D eigenvalue weighted by atomic mass is 16.7. The molecule has 11 heavy (non-hydrogen) atoms. The van der Waals surface area contributed by atoms with Crippen LogP contribution in [0.1, 0.15) is 0 Å². The number of carboxylic acids is 1. The molecule has 0 spiro atoms. The van der Waals surface area contributed by atoms with Gasteiger partial charge in [0.25, 0.3) is 5.78 Å². The fourth-order valence-corrected chi connectivity index (χ4v) is 0.593. The molecule has 1 heterocycles. The van der Waals surface area contributed by atoms with Gasteiger partial charge in [0.15, 0.2) is 6.79 Å². The van der Waals surface area contributed by atoms with Crippen molar-refractivity contribution >= 4 is 11.8 Å². The van der Waals surface area contributed by atoms with Gasteiger partial charge in [0.2, 0.25) is 0 Å². The molecule has 60 valence electrons. The van der Waals surface area contributed by atoms with Gasteiger partial charge in [-0.05, 0) is 0 Å². The zero-order valence-electron chi connectivity index (χ0n) is 5.57. The Kier molecular flexibility index (Phi) is 2.22. The van der Waals surface area contributed by atoms with Gasteiger partial charge in [-0.2, -0.15) is 0 Å². The zero-order chi connectivity index (χ0) is 8.27. The third kappa shape index (κ3) is 2.05. The second kappa shape index (κ2) is 3.16. The summed E-state index contributed by atoms with van der Waals surface area (Å²) >= 11 is 0. The molecule has 0 aromatic heterocycles. The van der Waals surface area contributed by atoms with Crippen LogP contribution in [-0.2, 0) is 19.1 Å². The molecule has 5 heteroatoms. The van der Waals surface area contributed by atoms with E-state index in [0.29, 0.717) is 0 Å². The van der Waals surface area contributed by atoms with Gasteiger partial charge in [0.05, 0.1) is 0 Å². The van der Waals surface area contributed by atoms with Gasteiger partial charge in [-0.15, -0.1) is 0 Å². The summed E-state index contributed by atoms with van der Waals surface area (Å²) in [6, 6.07) is 0. The van der Waals surface area contributed by atoms with E-state index in [1.165, 1.54) is 0 Å². The lowest BCUT2D eigenvalue weighted by Crippen LogP contribution is -2.10. The lowest BCUT2D eigenvalue weighted by atomic mass is 10.3. The quantitative estimate of drug-likeness (QED) is 0.434. The number of aliphatic carboxylic acids is 1. The molecule has 0 bridgehead atoms. The molecule has 1 saturated heterocycles. The zero-order valence-corrected chi connectivity index (χ0v) is 5.57. The van der Waals surface area contributed by atoms with Crippen LogP contribution in [0.25, 0.3) is 0 Å². The van der Waals surface area contributed by atoms with Gasteiger partial charge < -0.3 is 14.6 Å². The Morgan fingerprint density at radius 1 is 1.55 bits per heavy atom. The number of carbonyl (C=O) groups is 2. The van der Waals surface area contributed by atoms with Crippen molar-refractivity contribution in [3.8, 4) is 0 Å². The highest BCUT2D eigenvalue weighted by Crippen LogP contribution is 2.06. The topological polar surface area (TPSA) is 72.8 Å². The highest BCUT2D eigenvalue weighted by molar-refractivity contribution is 6.37. The summed E-state index contributed by atoms with van der Waals surface area (Å²) in [4.78, 5) is 20.5. The molecular weight excluding hydrogens is 152 g/mol. The molecule has 1 N–H and O–H groups in total. The first-order valence-electron chi connectivity index (χ1n) is 2.88. The van der Waals surface area contributed by atoms with Crippen LogP contribution in [0.15, 0.2) is 11.8 Å². The molecule has 0 aromatic rings. The van der Waals surface area contributed by atoms with Crippen LogP contribution < -0.4 is 0 Å². The van der Waals surface area contributed by atoms with Crippen LogP contribution in [0.2, 0.25) is 0 Å². The van der Waals surface area contributed by atoms with Crippen molar-refractivity contribution in [3.63, 3.8) is 0 Å². The van der Waals surface area contributed by atoms with Crippen LogP contribution >= 0.6 is 0 Å². The maximum absolute atomic E-state index is 10.5. The Bertz CT molecular complexity index is 209. The van der Waals surface area contributed by atoms with Crippen molar-refractivity contribution in [3.05, 3.63) is 11.8 Å². The normalized spacial score (nSPS) is 19.8. The minimum Gasteiger partial charge on any atom is -0.475 e. The van der Waals surface area contributed by atoms with Crippen molar-refractivity contribution in [1.29, 1.82) is 0 Å². The number of hydrogen-bond donors (Lipinski definition) is 1. The van der Waals surface area contributed by atoms with Crippen molar-refractivity contribution in [1.82, 2.24) is 0 Å². The number of ketones is 1. The molecule has 0 amide bonds. The average Bonchev–Trinajstić information content (AvgIpc) is 2.39. The SMILES string of the molecule is O=C(O)C(=O)C=C1COCO1. The monoisotopic (exact) mass is 158 g/mol. The summed E-state index contributed by atoms with van der Waals surface area (Å²) in [6.45, 7) is 0.248. The molecule has 0 atom stereocenters. The van der Waals surface area contributed by atoms with E-state index < -0.39 is 11.8 Å². The fourth-order valence-electron chi connectivity index (χ4n) is 0.593. The first kappa shape index (κ1) is 7.74. The van der Waals surface area contributed by atoms with Gasteiger partial charge in [-0.25, -0.2) is 4.79 Å². The molecule has 0 radical (unpaired) electrons. The Balaban J connectivity index is 2.56. The summed E-state index contributed by atoms with van der Waals surface area (Å²) in [5.74, 6) is -2.23. The largest absolute Gasteiger partial charge is 0.475 e. The van der Waals surface area contributed by atoms with Gasteiger partial charge in [-0.3, -0.25) is 4.79 Å². The second-order valence-electron chi connectivity index (χ2n) is 1.89. The molecule has 0 aliphatic carbocycles. The summed E-state index contributed by atoms with van der Waals surface area (Å²) in [7, 11) is 0. The Labute approximate surface area is 62.2 Å². The fraction of sp³-hybridized carbons (Fsp3) is 0.333. The van der Waals surface area contributed by atoms with E-state index >= 15 is 0 Å². The van der Waals surface area contributed by atoms with Crippen LogP contribution in [-0.4, -0.2) is 30.3 Å². The lowest BCUT2D eigenvalue weighted by molar-refractivity contribution is -0.146. The van der Waals surface area contributed by atoms with Gasteiger partial charge in [0, 0.05) is 6.08 Å². The van der Waals surface area contributed by atoms with Crippen molar-refractivity contribution in [2.24, 2.45) is 0 Å². The first-order valence-corrected chi connectivity index (χ1v) is 2.88. The molecule has 0 aromatic carbocycles. The summed E-state index contributed by atoms with van der Waals surface area (Å²) < 4.78 is 9.43. The number of ether oxygens (including phenoxy) is 2. The third-order valence-electron chi connectivity index (χ3n) is 1.07. The van der Waals surface area contributed by atoms with Crippen molar-refractivity contribution < 1.29 is 24.2 Å². The maximum Gasteiger partial charge on any atom is 0.376 e.